The van der Waals surface area contributed by atoms with E-state index in [-0.39, 0.29) is 14.9 Å². The molecule has 0 amide bonds. The second kappa shape index (κ2) is 59.8. The molecule has 1 N–H and O–H groups in total. The van der Waals surface area contributed by atoms with Gasteiger partial charge in [0.25, 0.3) is 0 Å². The lowest BCUT2D eigenvalue weighted by Gasteiger charge is -2.30. The summed E-state index contributed by atoms with van der Waals surface area (Å²) in [5.41, 5.74) is 7.03. The fraction of sp³-hybridized carbons (Fsp3) is 0.794. The first-order valence-corrected chi connectivity index (χ1v) is 42.3. The maximum atomic E-state index is 3.37. The van der Waals surface area contributed by atoms with Gasteiger partial charge in [-0.3, -0.25) is 0 Å². The standard InChI is InChI=1S/C16H23N.C15H24.C14H22.2C11H24.C10H22S.C10H22.C8H18.2CH4/c1-11(2)15(12(3)4)9-13-10-17-16-8-6-5-7-14(13)16;1-11(2)15(12(3)4)10-14-8-6-13(5)7-9-14;1-11(2)14(12(3)4)10-13-8-6-5-7-9-13;1-8(2)7-11(9(3)4)10(5)6;1-7-10(6)11(8(2)3)9(4)5;1-8(2)10(9(3)4)6-7-11-5;1-7(2)10(8(3)4)9(5)6;1-6(2)8(5)7(3)4;;/h5-8,10-12,15,17H,9H2,1-4H3;6-9,11-12,15H,10H2,1-5H3;5-9,11-12,14H,10H2,1-4H3;2*8-11H,7H2,1-6H3;8-10H,6-7H2,1-5H3;7-10H,1-6H3;6-8H,1-5H3;2*1H4. The molecule has 1 aromatic heterocycles. The van der Waals surface area contributed by atoms with E-state index >= 15 is 0 Å². The van der Waals surface area contributed by atoms with Crippen LogP contribution in [0.4, 0.5) is 0 Å². The fourth-order valence-corrected chi connectivity index (χ4v) is 16.7. The first-order valence-electron chi connectivity index (χ1n) is 40.9. The quantitative estimate of drug-likeness (QED) is 0.0550. The molecule has 0 fully saturated rings. The van der Waals surface area contributed by atoms with Crippen molar-refractivity contribution in [2.45, 2.75) is 330 Å². The fourth-order valence-electron chi connectivity index (χ4n) is 16.1. The minimum Gasteiger partial charge on any atom is -0.361 e. The van der Waals surface area contributed by atoms with E-state index < -0.39 is 0 Å². The van der Waals surface area contributed by atoms with E-state index in [0.29, 0.717) is 0 Å². The zero-order valence-corrected chi connectivity index (χ0v) is 74.3. The van der Waals surface area contributed by atoms with Crippen LogP contribution < -0.4 is 0 Å². The third-order valence-electron chi connectivity index (χ3n) is 22.3. The van der Waals surface area contributed by atoms with Gasteiger partial charge < -0.3 is 4.98 Å². The highest BCUT2D eigenvalue weighted by Gasteiger charge is 2.25. The van der Waals surface area contributed by atoms with Gasteiger partial charge >= 0.3 is 0 Å². The van der Waals surface area contributed by atoms with Crippen molar-refractivity contribution in [2.24, 2.45) is 160 Å². The monoisotopic (exact) mass is 1400 g/mol. The van der Waals surface area contributed by atoms with Gasteiger partial charge in [-0.05, 0) is 234 Å². The molecule has 1 nitrogen and oxygen atoms in total. The molecule has 0 aliphatic heterocycles. The molecule has 586 valence electrons. The van der Waals surface area contributed by atoms with Crippen LogP contribution in [0.1, 0.15) is 326 Å². The lowest BCUT2D eigenvalue weighted by Crippen LogP contribution is -2.22. The van der Waals surface area contributed by atoms with Gasteiger partial charge in [0.15, 0.2) is 0 Å². The Hall–Kier alpha value is -2.45. The Kier molecular flexibility index (Phi) is 64.9. The number of thioether (sulfide) groups is 1. The Labute approximate surface area is 633 Å². The summed E-state index contributed by atoms with van der Waals surface area (Å²) in [5.74, 6) is 23.7. The van der Waals surface area contributed by atoms with Crippen molar-refractivity contribution in [3.8, 4) is 0 Å². The van der Waals surface area contributed by atoms with Crippen molar-refractivity contribution >= 4 is 22.7 Å². The number of para-hydroxylation sites is 1. The second-order valence-corrected chi connectivity index (χ2v) is 37.7. The highest BCUT2D eigenvalue weighted by atomic mass is 32.2. The highest BCUT2D eigenvalue weighted by molar-refractivity contribution is 7.98. The molecule has 0 bridgehead atoms. The average Bonchev–Trinajstić information content (AvgIpc) is 1.69. The van der Waals surface area contributed by atoms with E-state index in [0.717, 1.165) is 160 Å². The summed E-state index contributed by atoms with van der Waals surface area (Å²) in [6, 6.07) is 28.4. The van der Waals surface area contributed by atoms with Gasteiger partial charge in [0.2, 0.25) is 0 Å². The summed E-state index contributed by atoms with van der Waals surface area (Å²) in [6.07, 6.45) is 12.1. The Balaban J connectivity index is -0.000000252. The van der Waals surface area contributed by atoms with Crippen molar-refractivity contribution < 1.29 is 0 Å². The van der Waals surface area contributed by atoms with Gasteiger partial charge in [-0.25, -0.2) is 0 Å². The second-order valence-electron chi connectivity index (χ2n) is 36.7. The topological polar surface area (TPSA) is 15.8 Å². The molecule has 1 heterocycles. The summed E-state index contributed by atoms with van der Waals surface area (Å²) in [5, 5.41) is 1.39. The van der Waals surface area contributed by atoms with Crippen LogP contribution in [0, 0.1) is 167 Å². The molecule has 4 rings (SSSR count). The number of aryl methyl sites for hydroxylation is 1. The summed E-state index contributed by atoms with van der Waals surface area (Å²) >= 11 is 1.96. The highest BCUT2D eigenvalue weighted by Crippen LogP contribution is 2.33. The van der Waals surface area contributed by atoms with Gasteiger partial charge in [0, 0.05) is 17.1 Å². The molecule has 0 saturated carbocycles. The Morgan fingerprint density at radius 2 is 0.657 bits per heavy atom. The van der Waals surface area contributed by atoms with Gasteiger partial charge in [0.1, 0.15) is 0 Å². The molecule has 0 saturated heterocycles. The van der Waals surface area contributed by atoms with E-state index in [9.17, 15) is 0 Å². The number of aromatic nitrogens is 1. The summed E-state index contributed by atoms with van der Waals surface area (Å²) in [4.78, 5) is 3.37. The van der Waals surface area contributed by atoms with Crippen LogP contribution in [0.5, 0.6) is 0 Å². The minimum atomic E-state index is 0. The Bertz CT molecular complexity index is 2250. The molecule has 99 heavy (non-hydrogen) atoms. The van der Waals surface area contributed by atoms with Crippen LogP contribution in [-0.4, -0.2) is 17.0 Å². The number of benzene rings is 3. The SMILES string of the molecule is C.C.CC(C)C(C(C)C)C(C)C.CC(C)C(C)C(C)C.CC(C)C(Cc1c[nH]c2ccccc12)C(C)C.CC(C)C(Cc1ccccc1)C(C)C.CC(C)CC(C(C)C)C(C)C.CCC(C)C(C(C)C)C(C)C.CSCCC(C(C)C)C(C)C.Cc1ccc(CC(C(C)C)C(C)C)cc1. The molecule has 4 aromatic rings. The van der Waals surface area contributed by atoms with E-state index in [2.05, 4.69) is 373 Å². The van der Waals surface area contributed by atoms with Crippen LogP contribution >= 0.6 is 11.8 Å². The van der Waals surface area contributed by atoms with Crippen molar-refractivity contribution in [1.29, 1.82) is 0 Å². The van der Waals surface area contributed by atoms with E-state index in [4.69, 9.17) is 0 Å². The van der Waals surface area contributed by atoms with Gasteiger partial charge in [-0.15, -0.1) is 0 Å². The molecule has 0 aliphatic carbocycles. The van der Waals surface area contributed by atoms with Crippen LogP contribution in [0.3, 0.4) is 0 Å². The third-order valence-corrected chi connectivity index (χ3v) is 22.9. The molecular formula is C97H187NS. The molecule has 0 radical (unpaired) electrons. The van der Waals surface area contributed by atoms with E-state index in [1.165, 1.54) is 77.4 Å². The van der Waals surface area contributed by atoms with Crippen molar-refractivity contribution in [3.05, 3.63) is 107 Å². The molecule has 0 spiro atoms. The van der Waals surface area contributed by atoms with Crippen LogP contribution in [0.2, 0.25) is 0 Å². The zero-order valence-electron chi connectivity index (χ0n) is 73.5. The summed E-state index contributed by atoms with van der Waals surface area (Å²) < 4.78 is 0. The molecular weight excluding hydrogens is 1210 g/mol. The predicted octanol–water partition coefficient (Wildman–Crippen LogP) is 32.6. The number of hydrogen-bond acceptors (Lipinski definition) is 1. The molecule has 2 heteroatoms. The summed E-state index contributed by atoms with van der Waals surface area (Å²) in [7, 11) is 0. The molecule has 3 aromatic carbocycles. The molecule has 1 unspecified atom stereocenters. The maximum Gasteiger partial charge on any atom is 0.0456 e. The normalized spacial score (nSPS) is 12.2. The largest absolute Gasteiger partial charge is 0.361 e. The number of H-pyrrole nitrogens is 1. The van der Waals surface area contributed by atoms with Crippen LogP contribution in [0.15, 0.2) is 85.1 Å². The van der Waals surface area contributed by atoms with Gasteiger partial charge in [-0.2, -0.15) is 11.8 Å². The first kappa shape index (κ1) is 108. The smallest absolute Gasteiger partial charge is 0.0456 e. The number of rotatable bonds is 30. The maximum absolute atomic E-state index is 3.37. The van der Waals surface area contributed by atoms with Crippen molar-refractivity contribution in [1.82, 2.24) is 4.98 Å². The number of fused-ring (bicyclic) bond motifs is 1. The first-order chi connectivity index (χ1) is 44.8. The molecule has 1 atom stereocenters. The third kappa shape index (κ3) is 49.8. The van der Waals surface area contributed by atoms with Crippen molar-refractivity contribution in [2.75, 3.05) is 12.0 Å². The zero-order chi connectivity index (χ0) is 76.3. The minimum absolute atomic E-state index is 0. The van der Waals surface area contributed by atoms with Crippen LogP contribution in [-0.2, 0) is 19.3 Å². The van der Waals surface area contributed by atoms with Crippen molar-refractivity contribution in [3.63, 3.8) is 0 Å². The van der Waals surface area contributed by atoms with Crippen LogP contribution in [0.25, 0.3) is 10.9 Å². The number of aromatic amines is 1. The average molecular weight is 1400 g/mol. The predicted molar refractivity (Wildman–Crippen MR) is 468 cm³/mol. The lowest BCUT2D eigenvalue weighted by molar-refractivity contribution is 0.194. The lowest BCUT2D eigenvalue weighted by atomic mass is 9.76. The molecule has 0 aliphatic rings. The van der Waals surface area contributed by atoms with E-state index in [1.54, 1.807) is 0 Å². The Morgan fingerprint density at radius 3 is 0.919 bits per heavy atom. The van der Waals surface area contributed by atoms with Gasteiger partial charge in [0.05, 0.1) is 0 Å². The van der Waals surface area contributed by atoms with Gasteiger partial charge in [-0.1, -0.05) is 370 Å². The summed E-state index contributed by atoms with van der Waals surface area (Å²) in [6.45, 7) is 92.9. The number of nitrogens with one attached hydrogen (secondary N) is 1. The Morgan fingerprint density at radius 1 is 0.333 bits per heavy atom. The number of hydrogen-bond donors (Lipinski definition) is 1. The van der Waals surface area contributed by atoms with E-state index in [1.807, 2.05) is 11.8 Å².